The fraction of sp³-hybridized carbons (Fsp3) is 0.571. The maximum absolute atomic E-state index is 11.1. The van der Waals surface area contributed by atoms with Crippen molar-refractivity contribution in [2.75, 3.05) is 24.6 Å². The molecule has 1 aromatic heterocycles. The molecule has 0 spiro atoms. The van der Waals surface area contributed by atoms with E-state index in [2.05, 4.69) is 4.98 Å². The lowest BCUT2D eigenvalue weighted by Gasteiger charge is -2.43. The summed E-state index contributed by atoms with van der Waals surface area (Å²) in [6.07, 6.45) is -0.297. The van der Waals surface area contributed by atoms with Crippen molar-refractivity contribution in [3.05, 3.63) is 23.4 Å². The summed E-state index contributed by atoms with van der Waals surface area (Å²) >= 11 is 0. The van der Waals surface area contributed by atoms with Crippen LogP contribution in [0.15, 0.2) is 12.1 Å². The average Bonchev–Trinajstić information content (AvgIpc) is 2.36. The molecule has 1 saturated heterocycles. The van der Waals surface area contributed by atoms with Crippen LogP contribution in [0.4, 0.5) is 5.82 Å². The summed E-state index contributed by atoms with van der Waals surface area (Å²) < 4.78 is 5.75. The number of aryl methyl sites for hydroxylation is 1. The van der Waals surface area contributed by atoms with Crippen LogP contribution in [0.3, 0.4) is 0 Å². The number of nitrogens with zero attached hydrogens (tertiary/aromatic N) is 2. The third kappa shape index (κ3) is 3.26. The Morgan fingerprint density at radius 3 is 2.85 bits per heavy atom. The molecule has 1 fully saturated rings. The Morgan fingerprint density at radius 2 is 2.25 bits per heavy atom. The Hall–Kier alpha value is -1.66. The van der Waals surface area contributed by atoms with Crippen molar-refractivity contribution in [3.63, 3.8) is 0 Å². The largest absolute Gasteiger partial charge is 0.478 e. The molecule has 0 saturated carbocycles. The van der Waals surface area contributed by atoms with Gasteiger partial charge < -0.3 is 19.8 Å². The lowest BCUT2D eigenvalue weighted by molar-refractivity contribution is -0.101. The van der Waals surface area contributed by atoms with Gasteiger partial charge in [0.2, 0.25) is 0 Å². The second kappa shape index (κ2) is 5.38. The Balaban J connectivity index is 2.32. The molecule has 1 aromatic rings. The smallest absolute Gasteiger partial charge is 0.335 e. The van der Waals surface area contributed by atoms with E-state index in [4.69, 9.17) is 9.84 Å². The monoisotopic (exact) mass is 280 g/mol. The van der Waals surface area contributed by atoms with Crippen molar-refractivity contribution >= 4 is 11.8 Å². The number of carboxylic acid groups (broad SMARTS) is 1. The number of carboxylic acids is 1. The minimum Gasteiger partial charge on any atom is -0.478 e. The Kier molecular flexibility index (Phi) is 3.96. The van der Waals surface area contributed by atoms with Crippen LogP contribution in [0, 0.1) is 6.92 Å². The minimum atomic E-state index is -0.969. The summed E-state index contributed by atoms with van der Waals surface area (Å²) in [7, 11) is 0. The molecule has 1 aliphatic heterocycles. The third-order valence-corrected chi connectivity index (χ3v) is 3.20. The summed E-state index contributed by atoms with van der Waals surface area (Å²) in [5.41, 5.74) is 0.461. The van der Waals surface area contributed by atoms with Gasteiger partial charge in [0, 0.05) is 18.8 Å². The van der Waals surface area contributed by atoms with Crippen LogP contribution in [0.1, 0.15) is 29.9 Å². The molecule has 6 nitrogen and oxygen atoms in total. The molecule has 20 heavy (non-hydrogen) atoms. The van der Waals surface area contributed by atoms with E-state index in [0.717, 1.165) is 0 Å². The molecule has 2 heterocycles. The van der Waals surface area contributed by atoms with Crippen LogP contribution < -0.4 is 4.90 Å². The highest BCUT2D eigenvalue weighted by atomic mass is 16.5. The fourth-order valence-corrected chi connectivity index (χ4v) is 2.50. The first kappa shape index (κ1) is 14.7. The topological polar surface area (TPSA) is 82.9 Å². The van der Waals surface area contributed by atoms with Crippen molar-refractivity contribution in [1.82, 2.24) is 4.98 Å². The highest BCUT2D eigenvalue weighted by Gasteiger charge is 2.33. The van der Waals surface area contributed by atoms with Crippen LogP contribution >= 0.6 is 0 Å². The lowest BCUT2D eigenvalue weighted by Crippen LogP contribution is -2.54. The second-order valence-corrected chi connectivity index (χ2v) is 5.72. The first-order valence-corrected chi connectivity index (χ1v) is 6.56. The number of hydrogen-bond donors (Lipinski definition) is 2. The predicted molar refractivity (Wildman–Crippen MR) is 74.2 cm³/mol. The van der Waals surface area contributed by atoms with E-state index < -0.39 is 11.6 Å². The molecular weight excluding hydrogens is 260 g/mol. The van der Waals surface area contributed by atoms with Gasteiger partial charge in [0.1, 0.15) is 5.82 Å². The SMILES string of the molecule is Cc1cc(C(=O)O)cc(N2CC(CO)OC(C)(C)C2)n1. The number of rotatable bonds is 3. The molecule has 2 N–H and O–H groups in total. The zero-order valence-corrected chi connectivity index (χ0v) is 12.0. The molecule has 0 radical (unpaired) electrons. The maximum Gasteiger partial charge on any atom is 0.335 e. The van der Waals surface area contributed by atoms with Gasteiger partial charge in [-0.15, -0.1) is 0 Å². The van der Waals surface area contributed by atoms with E-state index in [0.29, 0.717) is 24.6 Å². The summed E-state index contributed by atoms with van der Waals surface area (Å²) in [6, 6.07) is 3.10. The zero-order valence-electron chi connectivity index (χ0n) is 12.0. The predicted octanol–water partition coefficient (Wildman–Crippen LogP) is 1.06. The van der Waals surface area contributed by atoms with Crippen LogP contribution in [-0.2, 0) is 4.74 Å². The molecule has 2 rings (SSSR count). The Bertz CT molecular complexity index is 516. The number of anilines is 1. The van der Waals surface area contributed by atoms with Gasteiger partial charge in [-0.1, -0.05) is 0 Å². The summed E-state index contributed by atoms with van der Waals surface area (Å²) in [5, 5.41) is 18.4. The van der Waals surface area contributed by atoms with Crippen LogP contribution in [0.5, 0.6) is 0 Å². The van der Waals surface area contributed by atoms with Crippen LogP contribution in [0.2, 0.25) is 0 Å². The lowest BCUT2D eigenvalue weighted by atomic mass is 10.0. The quantitative estimate of drug-likeness (QED) is 0.861. The van der Waals surface area contributed by atoms with Gasteiger partial charge in [0.25, 0.3) is 0 Å². The van der Waals surface area contributed by atoms with Gasteiger partial charge >= 0.3 is 5.97 Å². The second-order valence-electron chi connectivity index (χ2n) is 5.72. The molecule has 0 aromatic carbocycles. The molecular formula is C14H20N2O4. The number of aliphatic hydroxyl groups excluding tert-OH is 1. The number of hydrogen-bond acceptors (Lipinski definition) is 5. The van der Waals surface area contributed by atoms with Crippen molar-refractivity contribution < 1.29 is 19.7 Å². The Morgan fingerprint density at radius 1 is 1.55 bits per heavy atom. The van der Waals surface area contributed by atoms with E-state index in [1.807, 2.05) is 18.7 Å². The van der Waals surface area contributed by atoms with Gasteiger partial charge in [-0.3, -0.25) is 0 Å². The molecule has 1 aliphatic rings. The number of pyridine rings is 1. The van der Waals surface area contributed by atoms with Crippen molar-refractivity contribution in [2.24, 2.45) is 0 Å². The first-order valence-electron chi connectivity index (χ1n) is 6.56. The summed E-state index contributed by atoms with van der Waals surface area (Å²) in [5.74, 6) is -0.361. The maximum atomic E-state index is 11.1. The molecule has 1 atom stereocenters. The third-order valence-electron chi connectivity index (χ3n) is 3.20. The molecule has 0 aliphatic carbocycles. The number of aliphatic hydroxyl groups is 1. The molecule has 0 amide bonds. The number of aromatic nitrogens is 1. The molecule has 0 bridgehead atoms. The molecule has 110 valence electrons. The van der Waals surface area contributed by atoms with Crippen LogP contribution in [-0.4, -0.2) is 52.6 Å². The highest BCUT2D eigenvalue weighted by Crippen LogP contribution is 2.25. The van der Waals surface area contributed by atoms with E-state index >= 15 is 0 Å². The summed E-state index contributed by atoms with van der Waals surface area (Å²) in [6.45, 7) is 6.67. The first-order chi connectivity index (χ1) is 9.30. The fourth-order valence-electron chi connectivity index (χ4n) is 2.50. The summed E-state index contributed by atoms with van der Waals surface area (Å²) in [4.78, 5) is 17.5. The highest BCUT2D eigenvalue weighted by molar-refractivity contribution is 5.88. The van der Waals surface area contributed by atoms with Crippen molar-refractivity contribution in [2.45, 2.75) is 32.5 Å². The van der Waals surface area contributed by atoms with Gasteiger partial charge in [-0.05, 0) is 32.9 Å². The zero-order chi connectivity index (χ0) is 14.9. The van der Waals surface area contributed by atoms with Gasteiger partial charge in [0.15, 0.2) is 0 Å². The van der Waals surface area contributed by atoms with Gasteiger partial charge in [-0.25, -0.2) is 9.78 Å². The number of aromatic carboxylic acids is 1. The molecule has 1 unspecified atom stereocenters. The number of morpholine rings is 1. The van der Waals surface area contributed by atoms with E-state index in [9.17, 15) is 9.90 Å². The Labute approximate surface area is 118 Å². The average molecular weight is 280 g/mol. The normalized spacial score (nSPS) is 21.8. The number of carbonyl (C=O) groups is 1. The van der Waals surface area contributed by atoms with E-state index in [1.165, 1.54) is 0 Å². The standard InChI is InChI=1S/C14H20N2O4/c1-9-4-10(13(18)19)5-12(15-9)16-6-11(7-17)20-14(2,3)8-16/h4-5,11,17H,6-8H2,1-3H3,(H,18,19). The van der Waals surface area contributed by atoms with Crippen LogP contribution in [0.25, 0.3) is 0 Å². The van der Waals surface area contributed by atoms with Crippen molar-refractivity contribution in [1.29, 1.82) is 0 Å². The van der Waals surface area contributed by atoms with Crippen molar-refractivity contribution in [3.8, 4) is 0 Å². The van der Waals surface area contributed by atoms with Gasteiger partial charge in [-0.2, -0.15) is 0 Å². The number of ether oxygens (including phenoxy) is 1. The van der Waals surface area contributed by atoms with E-state index in [1.54, 1.807) is 19.1 Å². The molecule has 6 heteroatoms. The van der Waals surface area contributed by atoms with E-state index in [-0.39, 0.29) is 18.3 Å². The minimum absolute atomic E-state index is 0.0719. The van der Waals surface area contributed by atoms with Gasteiger partial charge in [0.05, 0.1) is 23.9 Å².